The quantitative estimate of drug-likeness (QED) is 0.299. The third-order valence-electron chi connectivity index (χ3n) is 4.28. The highest BCUT2D eigenvalue weighted by Crippen LogP contribution is 2.33. The summed E-state index contributed by atoms with van der Waals surface area (Å²) in [5, 5.41) is 3.27. The number of carbonyl (C=O) groups is 2. The van der Waals surface area contributed by atoms with Gasteiger partial charge in [0.1, 0.15) is 4.88 Å². The number of thioether (sulfide) groups is 1. The van der Waals surface area contributed by atoms with Gasteiger partial charge in [-0.1, -0.05) is 90.2 Å². The minimum Gasteiger partial charge on any atom is -0.301 e. The summed E-state index contributed by atoms with van der Waals surface area (Å²) in [6, 6.07) is 28.4. The summed E-state index contributed by atoms with van der Waals surface area (Å²) >= 11 is 2.66. The van der Waals surface area contributed by atoms with Crippen molar-refractivity contribution in [1.82, 2.24) is 4.98 Å². The van der Waals surface area contributed by atoms with Crippen LogP contribution >= 0.6 is 23.1 Å². The lowest BCUT2D eigenvalue weighted by Crippen LogP contribution is -2.13. The molecule has 30 heavy (non-hydrogen) atoms. The van der Waals surface area contributed by atoms with E-state index >= 15 is 0 Å². The molecule has 0 atom stereocenters. The van der Waals surface area contributed by atoms with Gasteiger partial charge in [0.15, 0.2) is 5.13 Å². The zero-order valence-corrected chi connectivity index (χ0v) is 17.6. The van der Waals surface area contributed by atoms with Crippen LogP contribution in [0.1, 0.15) is 15.2 Å². The fourth-order valence-electron chi connectivity index (χ4n) is 2.86. The fourth-order valence-corrected chi connectivity index (χ4v) is 4.55. The summed E-state index contributed by atoms with van der Waals surface area (Å²) in [5.74, 6) is 0.00807. The molecule has 0 saturated heterocycles. The van der Waals surface area contributed by atoms with Crippen molar-refractivity contribution < 1.29 is 9.59 Å². The van der Waals surface area contributed by atoms with Gasteiger partial charge in [-0.25, -0.2) is 4.98 Å². The summed E-state index contributed by atoms with van der Waals surface area (Å²) in [4.78, 5) is 31.7. The number of nitrogens with zero attached hydrogens (tertiary/aromatic N) is 1. The van der Waals surface area contributed by atoms with Gasteiger partial charge in [0.2, 0.25) is 11.7 Å². The average molecular weight is 431 g/mol. The molecule has 0 fully saturated rings. The van der Waals surface area contributed by atoms with E-state index in [1.54, 1.807) is 12.1 Å². The number of carbonyl (C=O) groups excluding carboxylic acids is 2. The summed E-state index contributed by atoms with van der Waals surface area (Å²) in [7, 11) is 0. The monoisotopic (exact) mass is 430 g/mol. The highest BCUT2D eigenvalue weighted by molar-refractivity contribution is 8.00. The van der Waals surface area contributed by atoms with Crippen LogP contribution in [0.3, 0.4) is 0 Å². The maximum atomic E-state index is 13.1. The Morgan fingerprint density at radius 3 is 2.10 bits per heavy atom. The standard InChI is InChI=1S/C24H18N2O2S2/c27-20(16-29-19-14-8-3-9-15-19)25-24-26-21(17-10-4-1-5-11-17)23(30-24)22(28)18-12-6-2-7-13-18/h1-15H,16H2,(H,25,26,27). The molecular formula is C24H18N2O2S2. The van der Waals surface area contributed by atoms with Crippen molar-refractivity contribution in [2.24, 2.45) is 0 Å². The Bertz CT molecular complexity index is 1140. The van der Waals surface area contributed by atoms with Crippen molar-refractivity contribution in [3.63, 3.8) is 0 Å². The van der Waals surface area contributed by atoms with Crippen LogP contribution in [0.25, 0.3) is 11.3 Å². The molecule has 0 bridgehead atoms. The Balaban J connectivity index is 1.57. The lowest BCUT2D eigenvalue weighted by atomic mass is 10.1. The van der Waals surface area contributed by atoms with Gasteiger partial charge in [-0.15, -0.1) is 11.8 Å². The van der Waals surface area contributed by atoms with E-state index in [1.165, 1.54) is 23.1 Å². The first-order chi connectivity index (χ1) is 14.7. The molecule has 1 heterocycles. The van der Waals surface area contributed by atoms with Crippen LogP contribution in [0, 0.1) is 0 Å². The van der Waals surface area contributed by atoms with E-state index in [4.69, 9.17) is 0 Å². The molecule has 6 heteroatoms. The van der Waals surface area contributed by atoms with E-state index < -0.39 is 0 Å². The third-order valence-corrected chi connectivity index (χ3v) is 6.26. The molecule has 0 aliphatic carbocycles. The Morgan fingerprint density at radius 2 is 1.43 bits per heavy atom. The number of benzene rings is 3. The second-order valence-corrected chi connectivity index (χ2v) is 8.46. The van der Waals surface area contributed by atoms with Crippen LogP contribution in [0.2, 0.25) is 0 Å². The molecule has 0 aliphatic rings. The topological polar surface area (TPSA) is 59.1 Å². The SMILES string of the molecule is O=C(CSc1ccccc1)Nc1nc(-c2ccccc2)c(C(=O)c2ccccc2)s1. The Kier molecular flexibility index (Phi) is 6.37. The maximum Gasteiger partial charge on any atom is 0.236 e. The molecule has 4 aromatic rings. The van der Waals surface area contributed by atoms with E-state index in [1.807, 2.05) is 78.9 Å². The van der Waals surface area contributed by atoms with Crippen molar-refractivity contribution in [1.29, 1.82) is 0 Å². The molecule has 0 radical (unpaired) electrons. The summed E-state index contributed by atoms with van der Waals surface area (Å²) in [5.41, 5.74) is 2.02. The van der Waals surface area contributed by atoms with Gasteiger partial charge in [0.25, 0.3) is 0 Å². The van der Waals surface area contributed by atoms with Crippen LogP contribution in [0.15, 0.2) is 95.9 Å². The normalized spacial score (nSPS) is 10.5. The lowest BCUT2D eigenvalue weighted by Gasteiger charge is -2.02. The predicted octanol–water partition coefficient (Wildman–Crippen LogP) is 5.77. The van der Waals surface area contributed by atoms with E-state index in [0.29, 0.717) is 21.3 Å². The number of nitrogens with one attached hydrogen (secondary N) is 1. The number of thiazole rings is 1. The van der Waals surface area contributed by atoms with Crippen LogP contribution in [0.4, 0.5) is 5.13 Å². The van der Waals surface area contributed by atoms with E-state index in [9.17, 15) is 9.59 Å². The zero-order valence-electron chi connectivity index (χ0n) is 15.9. The molecule has 148 valence electrons. The van der Waals surface area contributed by atoms with E-state index in [2.05, 4.69) is 10.3 Å². The van der Waals surface area contributed by atoms with Crippen molar-refractivity contribution in [3.8, 4) is 11.3 Å². The fraction of sp³-hybridized carbons (Fsp3) is 0.0417. The smallest absolute Gasteiger partial charge is 0.236 e. The molecule has 4 nitrogen and oxygen atoms in total. The highest BCUT2D eigenvalue weighted by atomic mass is 32.2. The predicted molar refractivity (Wildman–Crippen MR) is 123 cm³/mol. The molecule has 1 amide bonds. The molecule has 0 saturated carbocycles. The van der Waals surface area contributed by atoms with E-state index in [0.717, 1.165) is 10.5 Å². The Hall–Kier alpha value is -3.22. The number of hydrogen-bond donors (Lipinski definition) is 1. The highest BCUT2D eigenvalue weighted by Gasteiger charge is 2.21. The Morgan fingerprint density at radius 1 is 0.833 bits per heavy atom. The third kappa shape index (κ3) is 4.84. The molecule has 0 spiro atoms. The molecule has 0 aliphatic heterocycles. The van der Waals surface area contributed by atoms with Crippen molar-refractivity contribution in [3.05, 3.63) is 101 Å². The number of aromatic nitrogens is 1. The van der Waals surface area contributed by atoms with Gasteiger partial charge < -0.3 is 5.32 Å². The zero-order chi connectivity index (χ0) is 20.8. The second kappa shape index (κ2) is 9.52. The van der Waals surface area contributed by atoms with Gasteiger partial charge >= 0.3 is 0 Å². The first-order valence-corrected chi connectivity index (χ1v) is 11.1. The first kappa shape index (κ1) is 20.1. The molecule has 3 aromatic carbocycles. The maximum absolute atomic E-state index is 13.1. The largest absolute Gasteiger partial charge is 0.301 e. The minimum atomic E-state index is -0.157. The number of ketones is 1. The average Bonchev–Trinajstić information content (AvgIpc) is 3.22. The summed E-state index contributed by atoms with van der Waals surface area (Å²) in [6.07, 6.45) is 0. The summed E-state index contributed by atoms with van der Waals surface area (Å²) < 4.78 is 0. The minimum absolute atomic E-state index is 0.105. The molecule has 1 aromatic heterocycles. The van der Waals surface area contributed by atoms with Crippen molar-refractivity contribution in [2.45, 2.75) is 4.90 Å². The number of amides is 1. The van der Waals surface area contributed by atoms with Crippen molar-refractivity contribution >= 4 is 39.9 Å². The van der Waals surface area contributed by atoms with Gasteiger partial charge in [0, 0.05) is 16.0 Å². The first-order valence-electron chi connectivity index (χ1n) is 9.34. The van der Waals surface area contributed by atoms with Crippen LogP contribution < -0.4 is 5.32 Å². The number of anilines is 1. The van der Waals surface area contributed by atoms with E-state index in [-0.39, 0.29) is 17.4 Å². The molecular weight excluding hydrogens is 412 g/mol. The van der Waals surface area contributed by atoms with Crippen molar-refractivity contribution in [2.75, 3.05) is 11.1 Å². The molecule has 4 rings (SSSR count). The van der Waals surface area contributed by atoms with Crippen LogP contribution in [0.5, 0.6) is 0 Å². The van der Waals surface area contributed by atoms with Crippen LogP contribution in [-0.4, -0.2) is 22.4 Å². The van der Waals surface area contributed by atoms with Crippen LogP contribution in [-0.2, 0) is 4.79 Å². The molecule has 1 N–H and O–H groups in total. The molecule has 0 unspecified atom stereocenters. The number of rotatable bonds is 7. The second-order valence-electron chi connectivity index (χ2n) is 6.41. The number of hydrogen-bond acceptors (Lipinski definition) is 5. The summed E-state index contributed by atoms with van der Waals surface area (Å²) in [6.45, 7) is 0. The lowest BCUT2D eigenvalue weighted by molar-refractivity contribution is -0.113. The van der Waals surface area contributed by atoms with Gasteiger partial charge in [-0.2, -0.15) is 0 Å². The van der Waals surface area contributed by atoms with Gasteiger partial charge in [-0.3, -0.25) is 9.59 Å². The van der Waals surface area contributed by atoms with Gasteiger partial charge in [0.05, 0.1) is 11.4 Å². The van der Waals surface area contributed by atoms with Gasteiger partial charge in [-0.05, 0) is 12.1 Å². The Labute approximate surface area is 183 Å².